The minimum absolute atomic E-state index is 0.00750. The largest absolute Gasteiger partial charge is 0.336 e. The number of halogens is 2. The van der Waals surface area contributed by atoms with Crippen molar-refractivity contribution >= 4 is 33.4 Å². The minimum atomic E-state index is -0.00750. The third-order valence-electron chi connectivity index (χ3n) is 3.34. The summed E-state index contributed by atoms with van der Waals surface area (Å²) < 4.78 is 0.873. The number of carbonyl (C=O) groups excluding carboxylic acids is 1. The van der Waals surface area contributed by atoms with Crippen molar-refractivity contribution in [1.82, 2.24) is 4.90 Å². The molecule has 2 rings (SSSR count). The van der Waals surface area contributed by atoms with Crippen molar-refractivity contribution in [2.24, 2.45) is 5.73 Å². The van der Waals surface area contributed by atoms with Gasteiger partial charge in [0.1, 0.15) is 0 Å². The second kappa shape index (κ2) is 5.59. The van der Waals surface area contributed by atoms with Gasteiger partial charge in [-0.2, -0.15) is 0 Å². The number of nitrogens with two attached hydrogens (primary N) is 1. The summed E-state index contributed by atoms with van der Waals surface area (Å²) >= 11 is 9.45. The highest BCUT2D eigenvalue weighted by atomic mass is 79.9. The van der Waals surface area contributed by atoms with Crippen molar-refractivity contribution in [2.75, 3.05) is 6.54 Å². The van der Waals surface area contributed by atoms with Crippen molar-refractivity contribution in [3.8, 4) is 0 Å². The SMILES string of the molecule is CC1CC(N)CCN1C(=O)c1ccc(Br)cc1Cl. The van der Waals surface area contributed by atoms with Gasteiger partial charge in [0, 0.05) is 23.1 Å². The topological polar surface area (TPSA) is 46.3 Å². The van der Waals surface area contributed by atoms with E-state index in [4.69, 9.17) is 17.3 Å². The second-order valence-electron chi connectivity index (χ2n) is 4.76. The quantitative estimate of drug-likeness (QED) is 0.859. The normalized spacial score (nSPS) is 24.1. The van der Waals surface area contributed by atoms with Gasteiger partial charge < -0.3 is 10.6 Å². The second-order valence-corrected chi connectivity index (χ2v) is 6.08. The highest BCUT2D eigenvalue weighted by Crippen LogP contribution is 2.25. The molecule has 3 nitrogen and oxygen atoms in total. The summed E-state index contributed by atoms with van der Waals surface area (Å²) in [6.07, 6.45) is 1.70. The van der Waals surface area contributed by atoms with Crippen molar-refractivity contribution < 1.29 is 4.79 Å². The standard InChI is InChI=1S/C13H16BrClN2O/c1-8-6-10(16)4-5-17(8)13(18)11-3-2-9(14)7-12(11)15/h2-3,7-8,10H,4-6,16H2,1H3. The molecule has 5 heteroatoms. The third-order valence-corrected chi connectivity index (χ3v) is 4.15. The van der Waals surface area contributed by atoms with E-state index in [-0.39, 0.29) is 18.0 Å². The first-order valence-corrected chi connectivity index (χ1v) is 7.17. The molecule has 0 saturated carbocycles. The Balaban J connectivity index is 2.20. The van der Waals surface area contributed by atoms with Crippen LogP contribution in [0.15, 0.2) is 22.7 Å². The lowest BCUT2D eigenvalue weighted by Crippen LogP contribution is -2.48. The van der Waals surface area contributed by atoms with E-state index in [1.165, 1.54) is 0 Å². The summed E-state index contributed by atoms with van der Waals surface area (Å²) in [4.78, 5) is 14.3. The number of carbonyl (C=O) groups is 1. The number of rotatable bonds is 1. The van der Waals surface area contributed by atoms with Gasteiger partial charge in [-0.05, 0) is 38.0 Å². The average molecular weight is 332 g/mol. The first-order chi connectivity index (χ1) is 8.49. The van der Waals surface area contributed by atoms with Crippen LogP contribution in [-0.2, 0) is 0 Å². The molecule has 2 unspecified atom stereocenters. The number of hydrogen-bond acceptors (Lipinski definition) is 2. The molecule has 1 aliphatic heterocycles. The van der Waals surface area contributed by atoms with Crippen LogP contribution in [0.3, 0.4) is 0 Å². The molecule has 0 aliphatic carbocycles. The molecule has 0 bridgehead atoms. The number of hydrogen-bond donors (Lipinski definition) is 1. The van der Waals surface area contributed by atoms with E-state index in [1.54, 1.807) is 12.1 Å². The number of nitrogens with zero attached hydrogens (tertiary/aromatic N) is 1. The number of amides is 1. The van der Waals surface area contributed by atoms with Crippen LogP contribution in [0.4, 0.5) is 0 Å². The Kier molecular flexibility index (Phi) is 4.30. The first-order valence-electron chi connectivity index (χ1n) is 6.00. The smallest absolute Gasteiger partial charge is 0.255 e. The molecule has 1 aromatic carbocycles. The maximum absolute atomic E-state index is 12.4. The van der Waals surface area contributed by atoms with Crippen LogP contribution in [0.25, 0.3) is 0 Å². The molecule has 1 aromatic rings. The molecule has 2 atom stereocenters. The Morgan fingerprint density at radius 2 is 2.28 bits per heavy atom. The van der Waals surface area contributed by atoms with Gasteiger partial charge >= 0.3 is 0 Å². The molecule has 1 amide bonds. The maximum atomic E-state index is 12.4. The zero-order chi connectivity index (χ0) is 13.3. The van der Waals surface area contributed by atoms with Gasteiger partial charge in [0.2, 0.25) is 0 Å². The number of piperidine rings is 1. The monoisotopic (exact) mass is 330 g/mol. The maximum Gasteiger partial charge on any atom is 0.255 e. The van der Waals surface area contributed by atoms with E-state index < -0.39 is 0 Å². The lowest BCUT2D eigenvalue weighted by molar-refractivity contribution is 0.0619. The highest BCUT2D eigenvalue weighted by molar-refractivity contribution is 9.10. The van der Waals surface area contributed by atoms with Crippen LogP contribution in [0.2, 0.25) is 5.02 Å². The van der Waals surface area contributed by atoms with Gasteiger partial charge in [-0.1, -0.05) is 27.5 Å². The highest BCUT2D eigenvalue weighted by Gasteiger charge is 2.28. The zero-order valence-corrected chi connectivity index (χ0v) is 12.5. The van der Waals surface area contributed by atoms with Crippen molar-refractivity contribution in [3.05, 3.63) is 33.3 Å². The summed E-state index contributed by atoms with van der Waals surface area (Å²) in [5.74, 6) is -0.00750. The van der Waals surface area contributed by atoms with Crippen molar-refractivity contribution in [2.45, 2.75) is 31.8 Å². The Hall–Kier alpha value is -0.580. The molecule has 2 N–H and O–H groups in total. The number of likely N-dealkylation sites (tertiary alicyclic amines) is 1. The van der Waals surface area contributed by atoms with Gasteiger partial charge in [-0.25, -0.2) is 0 Å². The molecule has 1 aliphatic rings. The fourth-order valence-corrected chi connectivity index (χ4v) is 3.08. The predicted octanol–water partition coefficient (Wildman–Crippen LogP) is 3.05. The fraction of sp³-hybridized carbons (Fsp3) is 0.462. The molecule has 1 fully saturated rings. The van der Waals surface area contributed by atoms with Crippen LogP contribution < -0.4 is 5.73 Å². The van der Waals surface area contributed by atoms with Gasteiger partial charge in [0.15, 0.2) is 0 Å². The molecular weight excluding hydrogens is 316 g/mol. The minimum Gasteiger partial charge on any atom is -0.336 e. The summed E-state index contributed by atoms with van der Waals surface area (Å²) in [7, 11) is 0. The van der Waals surface area contributed by atoms with Crippen molar-refractivity contribution in [3.63, 3.8) is 0 Å². The lowest BCUT2D eigenvalue weighted by atomic mass is 9.98. The Bertz CT molecular complexity index is 466. The van der Waals surface area contributed by atoms with E-state index in [0.29, 0.717) is 17.1 Å². The van der Waals surface area contributed by atoms with Crippen LogP contribution >= 0.6 is 27.5 Å². The summed E-state index contributed by atoms with van der Waals surface area (Å²) in [5.41, 5.74) is 6.46. The van der Waals surface area contributed by atoms with Crippen LogP contribution in [0.5, 0.6) is 0 Å². The first kappa shape index (κ1) is 13.8. The van der Waals surface area contributed by atoms with E-state index in [1.807, 2.05) is 17.9 Å². The van der Waals surface area contributed by atoms with Gasteiger partial charge in [0.05, 0.1) is 10.6 Å². The predicted molar refractivity (Wildman–Crippen MR) is 76.9 cm³/mol. The van der Waals surface area contributed by atoms with Crippen LogP contribution in [-0.4, -0.2) is 29.4 Å². The molecule has 0 radical (unpaired) electrons. The lowest BCUT2D eigenvalue weighted by Gasteiger charge is -2.36. The Morgan fingerprint density at radius 3 is 2.89 bits per heavy atom. The van der Waals surface area contributed by atoms with Gasteiger partial charge in [-0.15, -0.1) is 0 Å². The van der Waals surface area contributed by atoms with E-state index >= 15 is 0 Å². The Labute approximate surface area is 120 Å². The van der Waals surface area contributed by atoms with E-state index in [0.717, 1.165) is 17.3 Å². The fourth-order valence-electron chi connectivity index (χ4n) is 2.33. The molecule has 0 aromatic heterocycles. The van der Waals surface area contributed by atoms with Gasteiger partial charge in [-0.3, -0.25) is 4.79 Å². The summed E-state index contributed by atoms with van der Waals surface area (Å²) in [6.45, 7) is 2.73. The van der Waals surface area contributed by atoms with Crippen LogP contribution in [0.1, 0.15) is 30.1 Å². The van der Waals surface area contributed by atoms with Crippen molar-refractivity contribution in [1.29, 1.82) is 0 Å². The Morgan fingerprint density at radius 1 is 1.56 bits per heavy atom. The van der Waals surface area contributed by atoms with Crippen LogP contribution in [0, 0.1) is 0 Å². The number of benzene rings is 1. The molecule has 1 saturated heterocycles. The molecular formula is C13H16BrClN2O. The third kappa shape index (κ3) is 2.87. The summed E-state index contributed by atoms with van der Waals surface area (Å²) in [6, 6.07) is 5.70. The van der Waals surface area contributed by atoms with Gasteiger partial charge in [0.25, 0.3) is 5.91 Å². The summed E-state index contributed by atoms with van der Waals surface area (Å²) in [5, 5.41) is 0.483. The zero-order valence-electron chi connectivity index (χ0n) is 10.2. The average Bonchev–Trinajstić information content (AvgIpc) is 2.28. The molecule has 0 spiro atoms. The molecule has 1 heterocycles. The molecule has 98 valence electrons. The van der Waals surface area contributed by atoms with E-state index in [2.05, 4.69) is 15.9 Å². The molecule has 18 heavy (non-hydrogen) atoms. The van der Waals surface area contributed by atoms with E-state index in [9.17, 15) is 4.79 Å².